The molecule has 0 unspecified atom stereocenters. The molecule has 1 amide bonds. The monoisotopic (exact) mass is 371 g/mol. The number of hydrazone groups is 1. The van der Waals surface area contributed by atoms with Gasteiger partial charge in [-0.05, 0) is 61.1 Å². The lowest BCUT2D eigenvalue weighted by atomic mass is 10.0. The summed E-state index contributed by atoms with van der Waals surface area (Å²) in [7, 11) is -3.71. The van der Waals surface area contributed by atoms with Crippen LogP contribution in [0.3, 0.4) is 0 Å². The minimum atomic E-state index is -3.71. The highest BCUT2D eigenvalue weighted by Gasteiger charge is 2.15. The van der Waals surface area contributed by atoms with Crippen LogP contribution < -0.4 is 10.1 Å². The van der Waals surface area contributed by atoms with Crippen LogP contribution in [-0.4, -0.2) is 26.6 Å². The van der Waals surface area contributed by atoms with Crippen molar-refractivity contribution in [2.45, 2.75) is 31.1 Å². The van der Waals surface area contributed by atoms with E-state index in [4.69, 9.17) is 0 Å². The van der Waals surface area contributed by atoms with E-state index in [0.717, 1.165) is 18.4 Å². The molecule has 0 saturated carbocycles. The van der Waals surface area contributed by atoms with Crippen molar-refractivity contribution in [3.05, 3.63) is 65.2 Å². The summed E-state index contributed by atoms with van der Waals surface area (Å²) in [6.45, 7) is 1.43. The highest BCUT2D eigenvalue weighted by atomic mass is 32.2. The molecule has 0 spiro atoms. The Morgan fingerprint density at radius 3 is 2.58 bits per heavy atom. The summed E-state index contributed by atoms with van der Waals surface area (Å²) >= 11 is 0. The normalized spacial score (nSPS) is 14.1. The molecule has 2 N–H and O–H groups in total. The topological polar surface area (TPSA) is 87.6 Å². The minimum Gasteiger partial charge on any atom is -0.272 e. The van der Waals surface area contributed by atoms with E-state index < -0.39 is 15.9 Å². The molecule has 0 radical (unpaired) electrons. The second-order valence-corrected chi connectivity index (χ2v) is 7.97. The summed E-state index contributed by atoms with van der Waals surface area (Å²) < 4.78 is 26.4. The summed E-state index contributed by atoms with van der Waals surface area (Å²) in [5.41, 5.74) is 6.74. The van der Waals surface area contributed by atoms with Crippen LogP contribution in [0.5, 0.6) is 0 Å². The Bertz CT molecular complexity index is 938. The van der Waals surface area contributed by atoms with Crippen molar-refractivity contribution in [3.8, 4) is 0 Å². The number of amides is 1. The lowest BCUT2D eigenvalue weighted by Crippen LogP contribution is -2.35. The molecule has 26 heavy (non-hydrogen) atoms. The summed E-state index contributed by atoms with van der Waals surface area (Å²) in [6.07, 6.45) is 3.36. The van der Waals surface area contributed by atoms with Crippen LogP contribution in [0.2, 0.25) is 0 Å². The SMILES string of the molecule is C/C(=N/NC(=O)CNS(=O)(=O)c1ccccc1)c1ccc2c(c1)CCC2. The molecule has 7 heteroatoms. The zero-order chi connectivity index (χ0) is 18.6. The van der Waals surface area contributed by atoms with E-state index in [2.05, 4.69) is 27.4 Å². The molecule has 6 nitrogen and oxygen atoms in total. The Morgan fingerprint density at radius 2 is 1.81 bits per heavy atom. The Balaban J connectivity index is 1.57. The van der Waals surface area contributed by atoms with Crippen molar-refractivity contribution in [2.24, 2.45) is 5.10 Å². The van der Waals surface area contributed by atoms with Gasteiger partial charge in [-0.15, -0.1) is 0 Å². The van der Waals surface area contributed by atoms with Crippen LogP contribution in [0, 0.1) is 0 Å². The fourth-order valence-corrected chi connectivity index (χ4v) is 3.89. The first kappa shape index (κ1) is 18.3. The van der Waals surface area contributed by atoms with Gasteiger partial charge in [-0.3, -0.25) is 4.79 Å². The number of carbonyl (C=O) groups excluding carboxylic acids is 1. The Hall–Kier alpha value is -2.51. The fourth-order valence-electron chi connectivity index (χ4n) is 2.89. The molecule has 0 bridgehead atoms. The van der Waals surface area contributed by atoms with Gasteiger partial charge in [0, 0.05) is 0 Å². The number of hydrogen-bond donors (Lipinski definition) is 2. The number of carbonyl (C=O) groups is 1. The number of hydrogen-bond acceptors (Lipinski definition) is 4. The van der Waals surface area contributed by atoms with Gasteiger partial charge in [0.25, 0.3) is 5.91 Å². The Morgan fingerprint density at radius 1 is 1.08 bits per heavy atom. The predicted molar refractivity (Wildman–Crippen MR) is 100 cm³/mol. The summed E-state index contributed by atoms with van der Waals surface area (Å²) in [6, 6.07) is 14.1. The number of nitrogens with one attached hydrogen (secondary N) is 2. The first-order valence-corrected chi connectivity index (χ1v) is 9.94. The number of rotatable bonds is 6. The number of nitrogens with zero attached hydrogens (tertiary/aromatic N) is 1. The quantitative estimate of drug-likeness (QED) is 0.601. The first-order chi connectivity index (χ1) is 12.5. The van der Waals surface area contributed by atoms with Crippen LogP contribution in [-0.2, 0) is 27.7 Å². The van der Waals surface area contributed by atoms with Gasteiger partial charge < -0.3 is 0 Å². The van der Waals surface area contributed by atoms with E-state index in [1.54, 1.807) is 18.2 Å². The van der Waals surface area contributed by atoms with Crippen LogP contribution >= 0.6 is 0 Å². The Labute approximate surface area is 153 Å². The van der Waals surface area contributed by atoms with Crippen molar-refractivity contribution in [2.75, 3.05) is 6.54 Å². The maximum atomic E-state index is 12.1. The smallest absolute Gasteiger partial charge is 0.255 e. The zero-order valence-corrected chi connectivity index (χ0v) is 15.3. The maximum Gasteiger partial charge on any atom is 0.255 e. The molecule has 0 aliphatic heterocycles. The van der Waals surface area contributed by atoms with Crippen molar-refractivity contribution in [1.82, 2.24) is 10.1 Å². The number of fused-ring (bicyclic) bond motifs is 1. The second kappa shape index (κ2) is 7.80. The molecule has 1 aliphatic rings. The van der Waals surface area contributed by atoms with Crippen molar-refractivity contribution < 1.29 is 13.2 Å². The van der Waals surface area contributed by atoms with Gasteiger partial charge in [0.05, 0.1) is 17.2 Å². The van der Waals surface area contributed by atoms with E-state index in [1.807, 2.05) is 13.0 Å². The van der Waals surface area contributed by atoms with Crippen molar-refractivity contribution in [3.63, 3.8) is 0 Å². The van der Waals surface area contributed by atoms with E-state index in [0.29, 0.717) is 5.71 Å². The minimum absolute atomic E-state index is 0.116. The molecule has 0 atom stereocenters. The highest BCUT2D eigenvalue weighted by molar-refractivity contribution is 7.89. The molecule has 0 heterocycles. The van der Waals surface area contributed by atoms with Crippen LogP contribution in [0.1, 0.15) is 30.0 Å². The molecule has 136 valence electrons. The Kier molecular flexibility index (Phi) is 5.49. The van der Waals surface area contributed by atoms with Gasteiger partial charge in [0.2, 0.25) is 10.0 Å². The molecule has 0 aromatic heterocycles. The second-order valence-electron chi connectivity index (χ2n) is 6.21. The van der Waals surface area contributed by atoms with Crippen LogP contribution in [0.25, 0.3) is 0 Å². The highest BCUT2D eigenvalue weighted by Crippen LogP contribution is 2.23. The van der Waals surface area contributed by atoms with Crippen molar-refractivity contribution >= 4 is 21.6 Å². The molecule has 1 aliphatic carbocycles. The summed E-state index contributed by atoms with van der Waals surface area (Å²) in [5, 5.41) is 4.08. The molecular formula is C19H21N3O3S. The molecular weight excluding hydrogens is 350 g/mol. The average molecular weight is 371 g/mol. The van der Waals surface area contributed by atoms with Gasteiger partial charge in [0.15, 0.2) is 0 Å². The van der Waals surface area contributed by atoms with E-state index >= 15 is 0 Å². The lowest BCUT2D eigenvalue weighted by molar-refractivity contribution is -0.119. The first-order valence-electron chi connectivity index (χ1n) is 8.46. The lowest BCUT2D eigenvalue weighted by Gasteiger charge is -2.07. The van der Waals surface area contributed by atoms with Crippen molar-refractivity contribution in [1.29, 1.82) is 0 Å². The van der Waals surface area contributed by atoms with Crippen LogP contribution in [0.15, 0.2) is 58.5 Å². The molecule has 0 saturated heterocycles. The third-order valence-corrected chi connectivity index (χ3v) is 5.76. The largest absolute Gasteiger partial charge is 0.272 e. The van der Waals surface area contributed by atoms with Crippen LogP contribution in [0.4, 0.5) is 0 Å². The molecule has 2 aromatic carbocycles. The standard InChI is InChI=1S/C19H21N3O3S/c1-14(16-11-10-15-6-5-7-17(15)12-16)21-22-19(23)13-20-26(24,25)18-8-3-2-4-9-18/h2-4,8-12,20H,5-7,13H2,1H3,(H,22,23)/b21-14-. The summed E-state index contributed by atoms with van der Waals surface area (Å²) in [5.74, 6) is -0.523. The zero-order valence-electron chi connectivity index (χ0n) is 14.5. The molecule has 2 aromatic rings. The summed E-state index contributed by atoms with van der Waals surface area (Å²) in [4.78, 5) is 12.0. The van der Waals surface area contributed by atoms with E-state index in [-0.39, 0.29) is 11.4 Å². The van der Waals surface area contributed by atoms with Gasteiger partial charge in [0.1, 0.15) is 0 Å². The number of sulfonamides is 1. The van der Waals surface area contributed by atoms with E-state index in [9.17, 15) is 13.2 Å². The molecule has 3 rings (SSSR count). The van der Waals surface area contributed by atoms with Gasteiger partial charge in [-0.1, -0.05) is 30.3 Å². The number of aryl methyl sites for hydroxylation is 2. The average Bonchev–Trinajstić information content (AvgIpc) is 3.13. The fraction of sp³-hybridized carbons (Fsp3) is 0.263. The van der Waals surface area contributed by atoms with E-state index in [1.165, 1.54) is 29.7 Å². The number of benzene rings is 2. The van der Waals surface area contributed by atoms with Gasteiger partial charge in [-0.2, -0.15) is 5.10 Å². The van der Waals surface area contributed by atoms with Gasteiger partial charge >= 0.3 is 0 Å². The predicted octanol–water partition coefficient (Wildman–Crippen LogP) is 1.99. The third kappa shape index (κ3) is 4.36. The molecule has 0 fully saturated rings. The third-order valence-electron chi connectivity index (χ3n) is 4.34. The maximum absolute atomic E-state index is 12.1. The van der Waals surface area contributed by atoms with Gasteiger partial charge in [-0.25, -0.2) is 18.6 Å².